The van der Waals surface area contributed by atoms with Gasteiger partial charge in [0.1, 0.15) is 5.69 Å². The molecule has 0 spiro atoms. The largest absolute Gasteiger partial charge is 4.00 e. The maximum atomic E-state index is 6.57. The topological polar surface area (TPSA) is 46.0 Å². The predicted molar refractivity (Wildman–Crippen MR) is 141 cm³/mol. The van der Waals surface area contributed by atoms with Gasteiger partial charge >= 0.3 is 48.1 Å². The van der Waals surface area contributed by atoms with E-state index < -0.39 is 0 Å². The van der Waals surface area contributed by atoms with Crippen molar-refractivity contribution >= 4 is 11.7 Å². The Bertz CT molecular complexity index is 1700. The first-order valence-corrected chi connectivity index (χ1v) is 11.6. The van der Waals surface area contributed by atoms with Crippen LogP contribution in [0.2, 0.25) is 0 Å². The second-order valence-corrected chi connectivity index (χ2v) is 7.90. The van der Waals surface area contributed by atoms with Crippen LogP contribution in [-0.4, -0.2) is 36.7 Å². The van der Waals surface area contributed by atoms with Crippen LogP contribution in [0.4, 0.5) is 5.69 Å². The van der Waals surface area contributed by atoms with E-state index in [4.69, 9.17) is 11.2 Å². The Hall–Kier alpha value is -4.12. The Balaban J connectivity index is 0.000000431. The minimum absolute atomic E-state index is 0. The summed E-state index contributed by atoms with van der Waals surface area (Å²) in [5, 5.41) is 0. The smallest absolute Gasteiger partial charge is 0.669 e. The van der Waals surface area contributed by atoms with Crippen LogP contribution in [0.3, 0.4) is 0 Å². The van der Waals surface area contributed by atoms with E-state index in [1.807, 2.05) is 83.2 Å². The second kappa shape index (κ2) is 14.9. The van der Waals surface area contributed by atoms with Crippen molar-refractivity contribution in [1.82, 2.24) is 14.5 Å². The summed E-state index contributed by atoms with van der Waals surface area (Å²) in [5.74, 6) is 1.10. The third kappa shape index (κ3) is 7.95. The van der Waals surface area contributed by atoms with Crippen LogP contribution in [0.5, 0.6) is 11.5 Å². The van der Waals surface area contributed by atoms with Gasteiger partial charge < -0.3 is 43.4 Å². The summed E-state index contributed by atoms with van der Waals surface area (Å²) in [6.07, 6.45) is 15.4. The number of aromatic nitrogens is 3. The maximum absolute atomic E-state index is 6.57. The van der Waals surface area contributed by atoms with Crippen LogP contribution >= 0.6 is 0 Å². The Morgan fingerprint density at radius 3 is 2.38 bits per heavy atom. The van der Waals surface area contributed by atoms with Crippen molar-refractivity contribution in [3.05, 3.63) is 135 Å². The molecule has 0 saturated heterocycles. The fraction of sp³-hybridized carbons (Fsp3) is 0.0312. The number of hydrogen-bond acceptors (Lipinski definition) is 3. The fourth-order valence-corrected chi connectivity index (χ4v) is 3.42. The average Bonchev–Trinajstić information content (AvgIpc) is 3.66. The molecule has 2 aromatic heterocycles. The molecular weight excluding hydrogens is 861 g/mol. The quantitative estimate of drug-likeness (QED) is 0.135. The molecule has 8 heteroatoms. The number of benzene rings is 3. The first-order chi connectivity index (χ1) is 18.7. The molecule has 1 aliphatic heterocycles. The Morgan fingerprint density at radius 2 is 1.68 bits per heavy atom. The van der Waals surface area contributed by atoms with E-state index in [2.05, 4.69) is 52.4 Å². The monoisotopic (exact) mass is 879 g/mol. The van der Waals surface area contributed by atoms with Gasteiger partial charge in [0, 0.05) is 18.1 Å². The molecule has 0 unspecified atom stereocenters. The zero-order valence-electron chi connectivity index (χ0n) is 21.0. The molecule has 0 atom stereocenters. The summed E-state index contributed by atoms with van der Waals surface area (Å²) >= 11 is 0. The Kier molecular flexibility index (Phi) is 11.3. The van der Waals surface area contributed by atoms with E-state index in [1.54, 1.807) is 29.1 Å². The molecule has 1 aliphatic rings. The minimum Gasteiger partial charge on any atom is -0.669 e. The van der Waals surface area contributed by atoms with Gasteiger partial charge in [-0.2, -0.15) is 30.3 Å². The summed E-state index contributed by atoms with van der Waals surface area (Å²) in [5.41, 5.74) is 3.56. The van der Waals surface area contributed by atoms with Gasteiger partial charge in [0.25, 0.3) is 6.20 Å². The molecule has 0 fully saturated rings. The summed E-state index contributed by atoms with van der Waals surface area (Å²) in [4.78, 5) is 8.62. The molecule has 0 aliphatic carbocycles. The van der Waals surface area contributed by atoms with Crippen LogP contribution in [-0.2, 0) is 42.1 Å². The molecule has 0 bridgehead atoms. The Labute approximate surface area is 262 Å². The van der Waals surface area contributed by atoms with Gasteiger partial charge in [-0.15, -0.1) is 17.8 Å². The van der Waals surface area contributed by atoms with Crippen molar-refractivity contribution in [3.8, 4) is 40.1 Å². The van der Waals surface area contributed by atoms with Crippen LogP contribution in [0.15, 0.2) is 97.9 Å². The molecule has 6 rings (SSSR count). The van der Waals surface area contributed by atoms with Crippen molar-refractivity contribution in [2.75, 3.05) is 7.05 Å². The van der Waals surface area contributed by atoms with Gasteiger partial charge in [-0.25, -0.2) is 29.4 Å². The van der Waals surface area contributed by atoms with Crippen molar-refractivity contribution in [2.45, 2.75) is 0 Å². The third-order valence-electron chi connectivity index (χ3n) is 5.19. The fourth-order valence-electron chi connectivity index (χ4n) is 3.42. The van der Waals surface area contributed by atoms with Gasteiger partial charge in [0.05, 0.1) is 6.33 Å². The number of nitrogens with zero attached hydrogens (tertiary/aromatic N) is 5. The number of ether oxygens (including phenoxy) is 1. The molecule has 5 aromatic rings. The SMILES string of the molecule is C[N+]1=C=[N+](c2[c-]c(Oc3[c-]c(-c4[c-]c(-c5[c-]cccc5)ncn4)[c-]cc3)ccc2)C=C1.[C-]#Cn1cccc1.[Pt+2].[Pt+4]. The Morgan fingerprint density at radius 1 is 0.875 bits per heavy atom. The van der Waals surface area contributed by atoms with Crippen molar-refractivity contribution in [1.29, 1.82) is 0 Å². The minimum atomic E-state index is 0. The zero-order chi connectivity index (χ0) is 26.2. The third-order valence-corrected chi connectivity index (χ3v) is 5.19. The maximum Gasteiger partial charge on any atom is 4.00 e. The molecule has 0 radical (unpaired) electrons. The van der Waals surface area contributed by atoms with Gasteiger partial charge in [-0.3, -0.25) is 6.07 Å². The van der Waals surface area contributed by atoms with Crippen molar-refractivity contribution in [2.24, 2.45) is 0 Å². The van der Waals surface area contributed by atoms with Gasteiger partial charge in [-0.05, 0) is 12.1 Å². The number of hydrogen-bond donors (Lipinski definition) is 0. The van der Waals surface area contributed by atoms with Gasteiger partial charge in [-0.1, -0.05) is 27.0 Å². The molecule has 0 amide bonds. The van der Waals surface area contributed by atoms with E-state index in [1.165, 1.54) is 6.33 Å². The van der Waals surface area contributed by atoms with Gasteiger partial charge in [0.15, 0.2) is 7.05 Å². The second-order valence-electron chi connectivity index (χ2n) is 7.90. The van der Waals surface area contributed by atoms with Crippen LogP contribution in [0.1, 0.15) is 0 Å². The van der Waals surface area contributed by atoms with Crippen LogP contribution in [0, 0.1) is 42.8 Å². The summed E-state index contributed by atoms with van der Waals surface area (Å²) < 4.78 is 11.2. The molecule has 6 nitrogen and oxygen atoms in total. The van der Waals surface area contributed by atoms with Crippen molar-refractivity contribution in [3.63, 3.8) is 0 Å². The molecule has 40 heavy (non-hydrogen) atoms. The van der Waals surface area contributed by atoms with Crippen LogP contribution < -0.4 is 4.74 Å². The standard InChI is InChI=1S/C26H15N4O.C6H4N.2Pt/c1-29-13-14-30(19-29)22-10-6-12-24(16-22)31-23-11-5-9-21(15-23)26-17-25(27-18-28-26)20-7-3-2-4-8-20;1-2-7-5-3-4-6-7;;/h2-7,10-14,18H,1H3;3-6H;;/q-3;-1;+2;+4. The first kappa shape index (κ1) is 30.4. The van der Waals surface area contributed by atoms with E-state index in [0.717, 1.165) is 11.3 Å². The van der Waals surface area contributed by atoms with Gasteiger partial charge in [0.2, 0.25) is 6.20 Å². The van der Waals surface area contributed by atoms with E-state index in [0.29, 0.717) is 28.5 Å². The molecule has 3 aromatic carbocycles. The molecule has 0 N–H and O–H groups in total. The molecular formula is C32H19N5OPt2+2. The molecule has 3 heterocycles. The predicted octanol–water partition coefficient (Wildman–Crippen LogP) is 5.43. The van der Waals surface area contributed by atoms with Crippen LogP contribution in [0.25, 0.3) is 22.5 Å². The summed E-state index contributed by atoms with van der Waals surface area (Å²) in [6.45, 7) is 0. The summed E-state index contributed by atoms with van der Waals surface area (Å²) in [7, 11) is 1.92. The summed E-state index contributed by atoms with van der Waals surface area (Å²) in [6, 6.07) is 41.8. The normalized spacial score (nSPS) is 11.0. The number of rotatable bonds is 5. The van der Waals surface area contributed by atoms with E-state index in [9.17, 15) is 0 Å². The van der Waals surface area contributed by atoms with E-state index >= 15 is 0 Å². The molecule has 0 saturated carbocycles. The van der Waals surface area contributed by atoms with E-state index in [-0.39, 0.29) is 42.1 Å². The zero-order valence-corrected chi connectivity index (χ0v) is 25.6. The average molecular weight is 880 g/mol. The molecule has 196 valence electrons. The van der Waals surface area contributed by atoms with Crippen molar-refractivity contribution < 1.29 is 56.0 Å². The first-order valence-electron chi connectivity index (χ1n) is 11.6.